The smallest absolute Gasteiger partial charge is 0.0603 e. The maximum atomic E-state index is 9.51. The van der Waals surface area contributed by atoms with Gasteiger partial charge < -0.3 is 10.8 Å². The van der Waals surface area contributed by atoms with Crippen molar-refractivity contribution < 1.29 is 5.11 Å². The highest BCUT2D eigenvalue weighted by Gasteiger charge is 2.18. The van der Waals surface area contributed by atoms with Gasteiger partial charge >= 0.3 is 0 Å². The molecule has 3 N–H and O–H groups in total. The number of nitrogens with two attached hydrogens (primary N) is 1. The Morgan fingerprint density at radius 3 is 2.00 bits per heavy atom. The summed E-state index contributed by atoms with van der Waals surface area (Å²) < 4.78 is 0. The van der Waals surface area contributed by atoms with Gasteiger partial charge in [-0.05, 0) is 24.8 Å². The van der Waals surface area contributed by atoms with E-state index in [0.29, 0.717) is 12.5 Å². The molecule has 62 valence electrons. The van der Waals surface area contributed by atoms with Crippen LogP contribution in [0.4, 0.5) is 0 Å². The Kier molecular flexibility index (Phi) is 4.65. The zero-order chi connectivity index (χ0) is 8.15. The Bertz CT molecular complexity index is 79.3. The lowest BCUT2D eigenvalue weighted by Gasteiger charge is -2.22. The van der Waals surface area contributed by atoms with Gasteiger partial charge in [-0.25, -0.2) is 0 Å². The van der Waals surface area contributed by atoms with Crippen LogP contribution in [0.1, 0.15) is 27.2 Å². The zero-order valence-corrected chi connectivity index (χ0v) is 7.17. The van der Waals surface area contributed by atoms with E-state index in [9.17, 15) is 5.11 Å². The molecule has 2 unspecified atom stereocenters. The average Bonchev–Trinajstić information content (AvgIpc) is 1.90. The van der Waals surface area contributed by atoms with Crippen molar-refractivity contribution in [3.63, 3.8) is 0 Å². The van der Waals surface area contributed by atoms with Crippen molar-refractivity contribution >= 4 is 0 Å². The fourth-order valence-electron chi connectivity index (χ4n) is 1.09. The molecule has 2 atom stereocenters. The summed E-state index contributed by atoms with van der Waals surface area (Å²) in [6.07, 6.45) is 0.741. The van der Waals surface area contributed by atoms with Gasteiger partial charge in [0, 0.05) is 0 Å². The van der Waals surface area contributed by atoms with Gasteiger partial charge in [0.05, 0.1) is 6.10 Å². The Hall–Kier alpha value is -0.0800. The van der Waals surface area contributed by atoms with E-state index >= 15 is 0 Å². The van der Waals surface area contributed by atoms with E-state index in [-0.39, 0.29) is 12.0 Å². The summed E-state index contributed by atoms with van der Waals surface area (Å²) in [5, 5.41) is 9.51. The van der Waals surface area contributed by atoms with E-state index in [1.165, 1.54) is 0 Å². The standard InChI is InChI=1S/C8H19NO/c1-4-7(5-9)8(10)6(2)3/h6-8,10H,4-5,9H2,1-3H3. The maximum Gasteiger partial charge on any atom is 0.0603 e. The highest BCUT2D eigenvalue weighted by Crippen LogP contribution is 2.14. The Balaban J connectivity index is 3.76. The van der Waals surface area contributed by atoms with E-state index < -0.39 is 0 Å². The molecule has 0 saturated heterocycles. The molecule has 0 aliphatic rings. The van der Waals surface area contributed by atoms with Crippen molar-refractivity contribution in [3.8, 4) is 0 Å². The highest BCUT2D eigenvalue weighted by molar-refractivity contribution is 4.70. The summed E-state index contributed by atoms with van der Waals surface area (Å²) in [4.78, 5) is 0. The van der Waals surface area contributed by atoms with E-state index in [1.54, 1.807) is 0 Å². The van der Waals surface area contributed by atoms with Crippen LogP contribution in [0.25, 0.3) is 0 Å². The van der Waals surface area contributed by atoms with E-state index in [0.717, 1.165) is 6.42 Å². The minimum atomic E-state index is -0.227. The number of hydrogen-bond donors (Lipinski definition) is 2. The normalized spacial score (nSPS) is 17.4. The first-order chi connectivity index (χ1) is 4.63. The van der Waals surface area contributed by atoms with Gasteiger partial charge in [-0.1, -0.05) is 20.8 Å². The number of rotatable bonds is 4. The lowest BCUT2D eigenvalue weighted by Crippen LogP contribution is -2.31. The van der Waals surface area contributed by atoms with Crippen molar-refractivity contribution in [1.82, 2.24) is 0 Å². The fourth-order valence-corrected chi connectivity index (χ4v) is 1.09. The second kappa shape index (κ2) is 4.69. The van der Waals surface area contributed by atoms with Gasteiger partial charge in [0.15, 0.2) is 0 Å². The van der Waals surface area contributed by atoms with Crippen LogP contribution >= 0.6 is 0 Å². The van der Waals surface area contributed by atoms with Crippen molar-refractivity contribution in [3.05, 3.63) is 0 Å². The molecule has 0 radical (unpaired) electrons. The molecule has 0 bridgehead atoms. The summed E-state index contributed by atoms with van der Waals surface area (Å²) >= 11 is 0. The van der Waals surface area contributed by atoms with Gasteiger partial charge in [-0.3, -0.25) is 0 Å². The Morgan fingerprint density at radius 2 is 1.90 bits per heavy atom. The Labute approximate surface area is 63.4 Å². The van der Waals surface area contributed by atoms with Gasteiger partial charge in [-0.2, -0.15) is 0 Å². The second-order valence-electron chi connectivity index (χ2n) is 3.14. The first-order valence-electron chi connectivity index (χ1n) is 4.01. The third-order valence-corrected chi connectivity index (χ3v) is 1.99. The number of aliphatic hydroxyl groups excluding tert-OH is 1. The van der Waals surface area contributed by atoms with E-state index in [4.69, 9.17) is 5.73 Å². The average molecular weight is 145 g/mol. The predicted molar refractivity (Wildman–Crippen MR) is 43.7 cm³/mol. The largest absolute Gasteiger partial charge is 0.393 e. The number of hydrogen-bond acceptors (Lipinski definition) is 2. The van der Waals surface area contributed by atoms with Crippen molar-refractivity contribution in [2.75, 3.05) is 6.54 Å². The van der Waals surface area contributed by atoms with E-state index in [2.05, 4.69) is 6.92 Å². The third-order valence-electron chi connectivity index (χ3n) is 1.99. The van der Waals surface area contributed by atoms with Gasteiger partial charge in [0.1, 0.15) is 0 Å². The number of aliphatic hydroxyl groups is 1. The monoisotopic (exact) mass is 145 g/mol. The molecule has 0 amide bonds. The minimum Gasteiger partial charge on any atom is -0.393 e. The lowest BCUT2D eigenvalue weighted by molar-refractivity contribution is 0.0662. The molecule has 0 aliphatic carbocycles. The second-order valence-corrected chi connectivity index (χ2v) is 3.14. The summed E-state index contributed by atoms with van der Waals surface area (Å²) in [6, 6.07) is 0. The SMILES string of the molecule is CCC(CN)C(O)C(C)C. The molecule has 0 aromatic carbocycles. The summed E-state index contributed by atoms with van der Waals surface area (Å²) in [6.45, 7) is 6.69. The van der Waals surface area contributed by atoms with Crippen LogP contribution < -0.4 is 5.73 Å². The molecule has 2 heteroatoms. The van der Waals surface area contributed by atoms with Crippen LogP contribution in [0.15, 0.2) is 0 Å². The van der Waals surface area contributed by atoms with Crippen LogP contribution in [0.2, 0.25) is 0 Å². The van der Waals surface area contributed by atoms with Crippen molar-refractivity contribution in [2.24, 2.45) is 17.6 Å². The summed E-state index contributed by atoms with van der Waals surface area (Å²) in [5.41, 5.74) is 5.46. The lowest BCUT2D eigenvalue weighted by atomic mass is 9.91. The summed E-state index contributed by atoms with van der Waals surface area (Å²) in [7, 11) is 0. The van der Waals surface area contributed by atoms with Crippen LogP contribution in [-0.2, 0) is 0 Å². The molecule has 0 spiro atoms. The molecular weight excluding hydrogens is 126 g/mol. The van der Waals surface area contributed by atoms with Crippen LogP contribution in [-0.4, -0.2) is 17.8 Å². The van der Waals surface area contributed by atoms with E-state index in [1.807, 2.05) is 13.8 Å². The third kappa shape index (κ3) is 2.67. The van der Waals surface area contributed by atoms with Crippen LogP contribution in [0, 0.1) is 11.8 Å². The molecule has 0 aliphatic heterocycles. The molecule has 0 aromatic heterocycles. The Morgan fingerprint density at radius 1 is 1.40 bits per heavy atom. The highest BCUT2D eigenvalue weighted by atomic mass is 16.3. The first kappa shape index (κ1) is 9.92. The maximum absolute atomic E-state index is 9.51. The molecular formula is C8H19NO. The minimum absolute atomic E-state index is 0.227. The summed E-state index contributed by atoms with van der Waals surface area (Å²) in [5.74, 6) is 0.605. The first-order valence-corrected chi connectivity index (χ1v) is 4.01. The quantitative estimate of drug-likeness (QED) is 0.619. The van der Waals surface area contributed by atoms with Gasteiger partial charge in [0.2, 0.25) is 0 Å². The molecule has 0 heterocycles. The van der Waals surface area contributed by atoms with Crippen molar-refractivity contribution in [1.29, 1.82) is 0 Å². The molecule has 0 aromatic rings. The predicted octanol–water partition coefficient (Wildman–Crippen LogP) is 0.988. The van der Waals surface area contributed by atoms with Crippen LogP contribution in [0.3, 0.4) is 0 Å². The molecule has 0 saturated carbocycles. The van der Waals surface area contributed by atoms with Gasteiger partial charge in [0.25, 0.3) is 0 Å². The van der Waals surface area contributed by atoms with Crippen molar-refractivity contribution in [2.45, 2.75) is 33.3 Å². The molecule has 10 heavy (non-hydrogen) atoms. The van der Waals surface area contributed by atoms with Crippen LogP contribution in [0.5, 0.6) is 0 Å². The fraction of sp³-hybridized carbons (Fsp3) is 1.00. The topological polar surface area (TPSA) is 46.2 Å². The zero-order valence-electron chi connectivity index (χ0n) is 7.17. The van der Waals surface area contributed by atoms with Gasteiger partial charge in [-0.15, -0.1) is 0 Å². The molecule has 0 rings (SSSR count). The molecule has 0 fully saturated rings. The molecule has 2 nitrogen and oxygen atoms in total.